The molecule has 6 heteroatoms. The van der Waals surface area contributed by atoms with Crippen LogP contribution in [0.25, 0.3) is 11.1 Å². The van der Waals surface area contributed by atoms with Gasteiger partial charge in [-0.1, -0.05) is 60.7 Å². The van der Waals surface area contributed by atoms with E-state index >= 15 is 0 Å². The Bertz CT molecular complexity index is 1320. The lowest BCUT2D eigenvalue weighted by atomic mass is 9.99. The number of nitrogens with zero attached hydrogens (tertiary/aromatic N) is 1. The number of benzene rings is 4. The maximum atomic E-state index is 12.7. The number of aliphatic carboxylic acids is 1. The summed E-state index contributed by atoms with van der Waals surface area (Å²) in [6.07, 6.45) is -0.738. The van der Waals surface area contributed by atoms with Gasteiger partial charge in [0.15, 0.2) is 6.10 Å². The molecule has 2 N–H and O–H groups in total. The van der Waals surface area contributed by atoms with Gasteiger partial charge in [-0.25, -0.2) is 4.79 Å². The summed E-state index contributed by atoms with van der Waals surface area (Å²) < 4.78 is 5.66. The lowest BCUT2D eigenvalue weighted by Gasteiger charge is -2.18. The highest BCUT2D eigenvalue weighted by Crippen LogP contribution is 2.23. The van der Waals surface area contributed by atoms with Crippen LogP contribution in [0.5, 0.6) is 11.5 Å². The van der Waals surface area contributed by atoms with Crippen LogP contribution in [0.15, 0.2) is 103 Å². The number of amides is 1. The molecule has 0 fully saturated rings. The second-order valence-electron chi connectivity index (χ2n) is 8.57. The first-order valence-corrected chi connectivity index (χ1v) is 11.6. The fourth-order valence-electron chi connectivity index (χ4n) is 3.91. The molecule has 0 radical (unpaired) electrons. The van der Waals surface area contributed by atoms with Crippen LogP contribution in [0, 0.1) is 0 Å². The number of carboxylic acids is 1. The molecule has 0 heterocycles. The standard InChI is InChI=1S/C30H27NO5/c1-31(29(33)24-14-16-26(32)17-15-24)20-22-6-5-7-25(18-22)23-12-10-21(11-13-23)19-28(30(34)35)36-27-8-3-2-4-9-27/h2-18,28,32H,19-20H2,1H3,(H,34,35)/t28-/m0/s1. The van der Waals surface area contributed by atoms with Gasteiger partial charge in [0, 0.05) is 25.6 Å². The Morgan fingerprint density at radius 2 is 1.50 bits per heavy atom. The summed E-state index contributed by atoms with van der Waals surface area (Å²) in [7, 11) is 1.74. The normalized spacial score (nSPS) is 11.5. The van der Waals surface area contributed by atoms with Crippen molar-refractivity contribution in [2.75, 3.05) is 7.05 Å². The van der Waals surface area contributed by atoms with Gasteiger partial charge in [-0.3, -0.25) is 4.79 Å². The minimum Gasteiger partial charge on any atom is -0.508 e. The molecule has 6 nitrogen and oxygen atoms in total. The number of hydrogen-bond acceptors (Lipinski definition) is 4. The third-order valence-electron chi connectivity index (χ3n) is 5.81. The van der Waals surface area contributed by atoms with E-state index in [1.165, 1.54) is 12.1 Å². The number of para-hydroxylation sites is 1. The van der Waals surface area contributed by atoms with Crippen molar-refractivity contribution in [3.63, 3.8) is 0 Å². The van der Waals surface area contributed by atoms with E-state index in [0.717, 1.165) is 22.3 Å². The van der Waals surface area contributed by atoms with Gasteiger partial charge < -0.3 is 19.8 Å². The topological polar surface area (TPSA) is 87.1 Å². The number of carboxylic acid groups (broad SMARTS) is 1. The Labute approximate surface area is 210 Å². The quantitative estimate of drug-likeness (QED) is 0.334. The number of aromatic hydroxyl groups is 1. The molecule has 4 rings (SSSR count). The van der Waals surface area contributed by atoms with Gasteiger partial charge in [0.05, 0.1) is 0 Å². The lowest BCUT2D eigenvalue weighted by Crippen LogP contribution is -2.29. The van der Waals surface area contributed by atoms with Crippen LogP contribution in [-0.4, -0.2) is 40.1 Å². The molecule has 0 unspecified atom stereocenters. The number of phenols is 1. The smallest absolute Gasteiger partial charge is 0.345 e. The number of carbonyl (C=O) groups is 2. The van der Waals surface area contributed by atoms with Gasteiger partial charge in [-0.2, -0.15) is 0 Å². The van der Waals surface area contributed by atoms with Gasteiger partial charge in [0.1, 0.15) is 11.5 Å². The minimum absolute atomic E-state index is 0.120. The molecule has 0 saturated heterocycles. The first-order chi connectivity index (χ1) is 17.4. The van der Waals surface area contributed by atoms with Crippen molar-refractivity contribution in [2.24, 2.45) is 0 Å². The van der Waals surface area contributed by atoms with Crippen LogP contribution < -0.4 is 4.74 Å². The van der Waals surface area contributed by atoms with E-state index in [1.54, 1.807) is 48.3 Å². The molecule has 0 bridgehead atoms. The van der Waals surface area contributed by atoms with Gasteiger partial charge in [-0.15, -0.1) is 0 Å². The summed E-state index contributed by atoms with van der Waals surface area (Å²) in [5.74, 6) is -0.501. The minimum atomic E-state index is -1.01. The summed E-state index contributed by atoms with van der Waals surface area (Å²) in [4.78, 5) is 26.0. The van der Waals surface area contributed by atoms with Crippen molar-refractivity contribution < 1.29 is 24.5 Å². The molecule has 1 amide bonds. The third kappa shape index (κ3) is 6.30. The number of rotatable bonds is 9. The molecule has 0 aliphatic heterocycles. The molecular weight excluding hydrogens is 454 g/mol. The number of carbonyl (C=O) groups excluding carboxylic acids is 1. The Morgan fingerprint density at radius 3 is 2.17 bits per heavy atom. The average molecular weight is 482 g/mol. The molecule has 0 saturated carbocycles. The summed E-state index contributed by atoms with van der Waals surface area (Å²) in [6.45, 7) is 0.433. The Morgan fingerprint density at radius 1 is 0.806 bits per heavy atom. The summed E-state index contributed by atoms with van der Waals surface area (Å²) in [5, 5.41) is 19.0. The molecule has 182 valence electrons. The van der Waals surface area contributed by atoms with Gasteiger partial charge in [0.25, 0.3) is 5.91 Å². The first kappa shape index (κ1) is 24.5. The first-order valence-electron chi connectivity index (χ1n) is 11.6. The number of phenolic OH excluding ortho intramolecular Hbond substituents is 1. The number of ether oxygens (including phenoxy) is 1. The number of hydrogen-bond donors (Lipinski definition) is 2. The highest BCUT2D eigenvalue weighted by molar-refractivity contribution is 5.94. The van der Waals surface area contributed by atoms with Gasteiger partial charge >= 0.3 is 5.97 Å². The van der Waals surface area contributed by atoms with Crippen molar-refractivity contribution in [1.29, 1.82) is 0 Å². The van der Waals surface area contributed by atoms with E-state index in [4.69, 9.17) is 4.74 Å². The van der Waals surface area contributed by atoms with Crippen LogP contribution in [0.1, 0.15) is 21.5 Å². The van der Waals surface area contributed by atoms with Crippen LogP contribution in [-0.2, 0) is 17.8 Å². The van der Waals surface area contributed by atoms with E-state index in [1.807, 2.05) is 54.6 Å². The molecule has 0 aliphatic rings. The molecule has 0 spiro atoms. The van der Waals surface area contributed by atoms with Crippen molar-refractivity contribution in [1.82, 2.24) is 4.90 Å². The maximum absolute atomic E-state index is 12.7. The Kier molecular flexibility index (Phi) is 7.66. The molecule has 1 atom stereocenters. The van der Waals surface area contributed by atoms with E-state index in [2.05, 4.69) is 0 Å². The zero-order chi connectivity index (χ0) is 25.5. The Hall–Kier alpha value is -4.58. The molecule has 0 aliphatic carbocycles. The van der Waals surface area contributed by atoms with Crippen molar-refractivity contribution >= 4 is 11.9 Å². The molecule has 4 aromatic rings. The lowest BCUT2D eigenvalue weighted by molar-refractivity contribution is -0.145. The highest BCUT2D eigenvalue weighted by Gasteiger charge is 2.20. The maximum Gasteiger partial charge on any atom is 0.345 e. The summed E-state index contributed by atoms with van der Waals surface area (Å²) in [5.41, 5.74) is 4.34. The van der Waals surface area contributed by atoms with Crippen LogP contribution >= 0.6 is 0 Å². The monoisotopic (exact) mass is 481 g/mol. The summed E-state index contributed by atoms with van der Waals surface area (Å²) in [6, 6.07) is 30.8. The molecular formula is C30H27NO5. The predicted molar refractivity (Wildman–Crippen MR) is 138 cm³/mol. The van der Waals surface area contributed by atoms with Crippen LogP contribution in [0.4, 0.5) is 0 Å². The third-order valence-corrected chi connectivity index (χ3v) is 5.81. The van der Waals surface area contributed by atoms with Gasteiger partial charge in [0.2, 0.25) is 0 Å². The van der Waals surface area contributed by atoms with Crippen molar-refractivity contribution in [2.45, 2.75) is 19.1 Å². The van der Waals surface area contributed by atoms with E-state index < -0.39 is 12.1 Å². The fraction of sp³-hybridized carbons (Fsp3) is 0.133. The molecule has 36 heavy (non-hydrogen) atoms. The zero-order valence-corrected chi connectivity index (χ0v) is 19.9. The van der Waals surface area contributed by atoms with E-state index in [9.17, 15) is 19.8 Å². The second-order valence-corrected chi connectivity index (χ2v) is 8.57. The fourth-order valence-corrected chi connectivity index (χ4v) is 3.91. The predicted octanol–water partition coefficient (Wildman–Crippen LogP) is 5.41. The van der Waals surface area contributed by atoms with Crippen molar-refractivity contribution in [3.05, 3.63) is 120 Å². The molecule has 4 aromatic carbocycles. The average Bonchev–Trinajstić information content (AvgIpc) is 2.89. The second kappa shape index (κ2) is 11.2. The van der Waals surface area contributed by atoms with Gasteiger partial charge in [-0.05, 0) is 64.7 Å². The highest BCUT2D eigenvalue weighted by atomic mass is 16.5. The van der Waals surface area contributed by atoms with E-state index in [-0.39, 0.29) is 18.1 Å². The van der Waals surface area contributed by atoms with E-state index in [0.29, 0.717) is 17.9 Å². The van der Waals surface area contributed by atoms with Crippen LogP contribution in [0.3, 0.4) is 0 Å². The zero-order valence-electron chi connectivity index (χ0n) is 19.9. The van der Waals surface area contributed by atoms with Crippen LogP contribution in [0.2, 0.25) is 0 Å². The summed E-state index contributed by atoms with van der Waals surface area (Å²) >= 11 is 0. The SMILES string of the molecule is CN(Cc1cccc(-c2ccc(C[C@H](Oc3ccccc3)C(=O)O)cc2)c1)C(=O)c1ccc(O)cc1. The molecule has 0 aromatic heterocycles. The van der Waals surface area contributed by atoms with Crippen molar-refractivity contribution in [3.8, 4) is 22.6 Å². The largest absolute Gasteiger partial charge is 0.508 e. The Balaban J connectivity index is 1.42.